The van der Waals surface area contributed by atoms with Gasteiger partial charge in [0, 0.05) is 6.54 Å². The quantitative estimate of drug-likeness (QED) is 0.727. The van der Waals surface area contributed by atoms with Crippen molar-refractivity contribution in [3.8, 4) is 0 Å². The van der Waals surface area contributed by atoms with Crippen molar-refractivity contribution >= 4 is 11.9 Å². The number of nitrogens with one attached hydrogen (secondary N) is 1. The number of carbonyl (C=O) groups is 1. The standard InChI is InChI=1S/C11H19N5O2/c1-11(2,3)18-9(17)7-5-13-10-14-8(4-12)15-16(10)6-7/h7H,4-6,12H2,1-3H3,(H,13,14,15). The summed E-state index contributed by atoms with van der Waals surface area (Å²) in [5.74, 6) is 0.770. The largest absolute Gasteiger partial charge is 0.460 e. The fraction of sp³-hybridized carbons (Fsp3) is 0.727. The normalized spacial score (nSPS) is 19.0. The van der Waals surface area contributed by atoms with E-state index in [2.05, 4.69) is 15.4 Å². The van der Waals surface area contributed by atoms with E-state index in [1.165, 1.54) is 0 Å². The van der Waals surface area contributed by atoms with E-state index >= 15 is 0 Å². The van der Waals surface area contributed by atoms with Gasteiger partial charge in [0.15, 0.2) is 5.82 Å². The molecule has 0 bridgehead atoms. The Labute approximate surface area is 106 Å². The van der Waals surface area contributed by atoms with Gasteiger partial charge in [-0.3, -0.25) is 4.79 Å². The lowest BCUT2D eigenvalue weighted by molar-refractivity contribution is -0.160. The minimum absolute atomic E-state index is 0.217. The topological polar surface area (TPSA) is 95.1 Å². The number of ether oxygens (including phenoxy) is 1. The molecule has 0 saturated heterocycles. The number of esters is 1. The first kappa shape index (κ1) is 12.8. The van der Waals surface area contributed by atoms with E-state index in [-0.39, 0.29) is 11.9 Å². The number of hydrogen-bond acceptors (Lipinski definition) is 6. The van der Waals surface area contributed by atoms with Crippen LogP contribution in [0.1, 0.15) is 26.6 Å². The summed E-state index contributed by atoms with van der Waals surface area (Å²) in [6, 6.07) is 0. The molecule has 1 atom stereocenters. The number of nitrogens with zero attached hydrogens (tertiary/aromatic N) is 3. The minimum atomic E-state index is -0.470. The fourth-order valence-corrected chi connectivity index (χ4v) is 1.76. The molecule has 0 saturated carbocycles. The molecule has 2 rings (SSSR count). The van der Waals surface area contributed by atoms with E-state index in [0.717, 1.165) is 0 Å². The summed E-state index contributed by atoms with van der Waals surface area (Å²) in [6.07, 6.45) is 0. The van der Waals surface area contributed by atoms with Gasteiger partial charge in [-0.15, -0.1) is 0 Å². The van der Waals surface area contributed by atoms with E-state index in [1.807, 2.05) is 20.8 Å². The Kier molecular flexibility index (Phi) is 3.25. The molecule has 0 fully saturated rings. The van der Waals surface area contributed by atoms with E-state index in [1.54, 1.807) is 4.68 Å². The molecule has 1 aliphatic heterocycles. The van der Waals surface area contributed by atoms with Crippen molar-refractivity contribution in [2.24, 2.45) is 11.7 Å². The average Bonchev–Trinajstić information content (AvgIpc) is 2.68. The van der Waals surface area contributed by atoms with E-state index < -0.39 is 5.60 Å². The number of rotatable bonds is 2. The molecule has 1 aromatic rings. The molecule has 3 N–H and O–H groups in total. The van der Waals surface area contributed by atoms with Crippen LogP contribution in [0.15, 0.2) is 0 Å². The second kappa shape index (κ2) is 4.56. The smallest absolute Gasteiger partial charge is 0.313 e. The Morgan fingerprint density at radius 2 is 2.33 bits per heavy atom. The monoisotopic (exact) mass is 253 g/mol. The van der Waals surface area contributed by atoms with Crippen LogP contribution in [0.5, 0.6) is 0 Å². The second-order valence-corrected chi connectivity index (χ2v) is 5.35. The molecule has 7 heteroatoms. The zero-order valence-electron chi connectivity index (χ0n) is 10.9. The highest BCUT2D eigenvalue weighted by Crippen LogP contribution is 2.19. The van der Waals surface area contributed by atoms with Crippen molar-refractivity contribution in [2.45, 2.75) is 39.5 Å². The summed E-state index contributed by atoms with van der Waals surface area (Å²) < 4.78 is 7.03. The van der Waals surface area contributed by atoms with Crippen LogP contribution < -0.4 is 11.1 Å². The van der Waals surface area contributed by atoms with Gasteiger partial charge in [0.1, 0.15) is 5.60 Å². The minimum Gasteiger partial charge on any atom is -0.460 e. The number of aromatic nitrogens is 3. The highest BCUT2D eigenvalue weighted by molar-refractivity contribution is 5.74. The van der Waals surface area contributed by atoms with Gasteiger partial charge in [0.25, 0.3) is 0 Å². The van der Waals surface area contributed by atoms with Gasteiger partial charge in [-0.2, -0.15) is 10.1 Å². The number of fused-ring (bicyclic) bond motifs is 1. The molecule has 0 aromatic carbocycles. The number of anilines is 1. The third kappa shape index (κ3) is 2.79. The van der Waals surface area contributed by atoms with Crippen molar-refractivity contribution in [2.75, 3.05) is 11.9 Å². The Balaban J connectivity index is 2.05. The highest BCUT2D eigenvalue weighted by Gasteiger charge is 2.30. The molecule has 100 valence electrons. The van der Waals surface area contributed by atoms with Crippen molar-refractivity contribution in [1.29, 1.82) is 0 Å². The van der Waals surface area contributed by atoms with Crippen molar-refractivity contribution in [1.82, 2.24) is 14.8 Å². The molecule has 7 nitrogen and oxygen atoms in total. The van der Waals surface area contributed by atoms with Gasteiger partial charge < -0.3 is 15.8 Å². The summed E-state index contributed by atoms with van der Waals surface area (Å²) in [5, 5.41) is 7.28. The Hall–Kier alpha value is -1.63. The number of nitrogens with two attached hydrogens (primary N) is 1. The summed E-state index contributed by atoms with van der Waals surface area (Å²) >= 11 is 0. The molecule has 1 aromatic heterocycles. The highest BCUT2D eigenvalue weighted by atomic mass is 16.6. The first-order chi connectivity index (χ1) is 8.39. The molecule has 0 radical (unpaired) electrons. The molecule has 1 aliphatic rings. The van der Waals surface area contributed by atoms with Crippen molar-refractivity contribution in [3.63, 3.8) is 0 Å². The first-order valence-corrected chi connectivity index (χ1v) is 5.99. The molecule has 1 unspecified atom stereocenters. The van der Waals surface area contributed by atoms with E-state index in [4.69, 9.17) is 10.5 Å². The third-order valence-corrected chi connectivity index (χ3v) is 2.54. The molecular formula is C11H19N5O2. The molecule has 2 heterocycles. The van der Waals surface area contributed by atoms with E-state index in [9.17, 15) is 4.79 Å². The number of carbonyl (C=O) groups excluding carboxylic acids is 1. The van der Waals surface area contributed by atoms with Crippen LogP contribution in [0.25, 0.3) is 0 Å². The Morgan fingerprint density at radius 3 is 2.94 bits per heavy atom. The molecule has 0 spiro atoms. The van der Waals surface area contributed by atoms with Crippen LogP contribution in [0.2, 0.25) is 0 Å². The third-order valence-electron chi connectivity index (χ3n) is 2.54. The lowest BCUT2D eigenvalue weighted by Gasteiger charge is -2.26. The van der Waals surface area contributed by atoms with Crippen molar-refractivity contribution in [3.05, 3.63) is 5.82 Å². The van der Waals surface area contributed by atoms with Crippen LogP contribution in [-0.4, -0.2) is 32.9 Å². The van der Waals surface area contributed by atoms with Crippen LogP contribution in [-0.2, 0) is 22.6 Å². The summed E-state index contributed by atoms with van der Waals surface area (Å²) in [5.41, 5.74) is 5.01. The van der Waals surface area contributed by atoms with Crippen LogP contribution in [0, 0.1) is 5.92 Å². The number of hydrogen-bond donors (Lipinski definition) is 2. The van der Waals surface area contributed by atoms with Gasteiger partial charge in [0.05, 0.1) is 19.0 Å². The average molecular weight is 253 g/mol. The maximum Gasteiger partial charge on any atom is 0.313 e. The zero-order chi connectivity index (χ0) is 13.3. The van der Waals surface area contributed by atoms with E-state index in [0.29, 0.717) is 31.4 Å². The van der Waals surface area contributed by atoms with Gasteiger partial charge in [-0.05, 0) is 20.8 Å². The SMILES string of the molecule is CC(C)(C)OC(=O)C1CNc2nc(CN)nn2C1. The Morgan fingerprint density at radius 1 is 1.61 bits per heavy atom. The van der Waals surface area contributed by atoms with Crippen LogP contribution >= 0.6 is 0 Å². The lowest BCUT2D eigenvalue weighted by Crippen LogP contribution is -2.38. The molecule has 0 aliphatic carbocycles. The summed E-state index contributed by atoms with van der Waals surface area (Å²) in [4.78, 5) is 16.2. The predicted molar refractivity (Wildman–Crippen MR) is 65.7 cm³/mol. The van der Waals surface area contributed by atoms with Gasteiger partial charge in [0.2, 0.25) is 5.95 Å². The van der Waals surface area contributed by atoms with Crippen LogP contribution in [0.3, 0.4) is 0 Å². The van der Waals surface area contributed by atoms with Gasteiger partial charge in [-0.25, -0.2) is 4.68 Å². The zero-order valence-corrected chi connectivity index (χ0v) is 10.9. The second-order valence-electron chi connectivity index (χ2n) is 5.35. The lowest BCUT2D eigenvalue weighted by atomic mass is 10.1. The Bertz CT molecular complexity index is 449. The van der Waals surface area contributed by atoms with Crippen LogP contribution in [0.4, 0.5) is 5.95 Å². The first-order valence-electron chi connectivity index (χ1n) is 5.99. The molecule has 0 amide bonds. The maximum atomic E-state index is 12.0. The van der Waals surface area contributed by atoms with Crippen molar-refractivity contribution < 1.29 is 9.53 Å². The summed E-state index contributed by atoms with van der Waals surface area (Å²) in [6.45, 7) is 6.85. The fourth-order valence-electron chi connectivity index (χ4n) is 1.76. The van der Waals surface area contributed by atoms with Gasteiger partial charge in [-0.1, -0.05) is 0 Å². The molecule has 18 heavy (non-hydrogen) atoms. The maximum absolute atomic E-state index is 12.0. The molecular weight excluding hydrogens is 234 g/mol. The predicted octanol–water partition coefficient (Wildman–Crippen LogP) is 0.120. The summed E-state index contributed by atoms with van der Waals surface area (Å²) in [7, 11) is 0. The van der Waals surface area contributed by atoms with Gasteiger partial charge >= 0.3 is 5.97 Å².